The van der Waals surface area contributed by atoms with E-state index in [2.05, 4.69) is 6.26 Å². The van der Waals surface area contributed by atoms with Crippen molar-refractivity contribution in [2.24, 2.45) is 5.73 Å². The molecule has 0 saturated carbocycles. The number of rotatable bonds is 4. The summed E-state index contributed by atoms with van der Waals surface area (Å²) >= 11 is 1.79. The van der Waals surface area contributed by atoms with E-state index in [9.17, 15) is 4.79 Å². The molecule has 1 amide bonds. The lowest BCUT2D eigenvalue weighted by molar-refractivity contribution is -0.130. The Hall–Kier alpha value is 0.0700. The molecule has 14 heavy (non-hydrogen) atoms. The number of likely N-dealkylation sites (tertiary alicyclic amines) is 1. The molecule has 1 aliphatic heterocycles. The van der Waals surface area contributed by atoms with Gasteiger partial charge >= 0.3 is 0 Å². The Labute approximate surface area is 96.2 Å². The van der Waals surface area contributed by atoms with Crippen molar-refractivity contribution in [1.82, 2.24) is 4.90 Å². The van der Waals surface area contributed by atoms with Gasteiger partial charge in [-0.3, -0.25) is 4.79 Å². The van der Waals surface area contributed by atoms with Gasteiger partial charge in [0, 0.05) is 25.6 Å². The van der Waals surface area contributed by atoms with Crippen LogP contribution in [-0.4, -0.2) is 41.9 Å². The summed E-state index contributed by atoms with van der Waals surface area (Å²) in [6.45, 7) is 1.62. The molecule has 5 heteroatoms. The first kappa shape index (κ1) is 14.1. The van der Waals surface area contributed by atoms with Gasteiger partial charge in [-0.15, -0.1) is 12.4 Å². The summed E-state index contributed by atoms with van der Waals surface area (Å²) in [6.07, 6.45) is 4.71. The molecule has 1 aliphatic rings. The van der Waals surface area contributed by atoms with Crippen molar-refractivity contribution in [2.75, 3.05) is 25.1 Å². The molecule has 2 N–H and O–H groups in total. The Balaban J connectivity index is 0.00000169. The molecule has 3 nitrogen and oxygen atoms in total. The fourth-order valence-corrected chi connectivity index (χ4v) is 1.97. The van der Waals surface area contributed by atoms with Crippen molar-refractivity contribution in [2.45, 2.75) is 25.3 Å². The fourth-order valence-electron chi connectivity index (χ4n) is 1.54. The van der Waals surface area contributed by atoms with Crippen LogP contribution in [0.15, 0.2) is 0 Å². The van der Waals surface area contributed by atoms with E-state index in [1.54, 1.807) is 11.8 Å². The average Bonchev–Trinajstić information content (AvgIpc) is 2.52. The maximum Gasteiger partial charge on any atom is 0.222 e. The van der Waals surface area contributed by atoms with Crippen molar-refractivity contribution in [3.05, 3.63) is 0 Å². The van der Waals surface area contributed by atoms with Gasteiger partial charge in [-0.25, -0.2) is 0 Å². The first-order valence-corrected chi connectivity index (χ1v) is 6.15. The van der Waals surface area contributed by atoms with Gasteiger partial charge in [0.15, 0.2) is 0 Å². The van der Waals surface area contributed by atoms with Gasteiger partial charge in [0.25, 0.3) is 0 Å². The van der Waals surface area contributed by atoms with Crippen LogP contribution in [-0.2, 0) is 4.79 Å². The van der Waals surface area contributed by atoms with E-state index in [1.807, 2.05) is 4.90 Å². The third kappa shape index (κ3) is 4.53. The lowest BCUT2D eigenvalue weighted by Crippen LogP contribution is -2.31. The van der Waals surface area contributed by atoms with Crippen molar-refractivity contribution >= 4 is 30.1 Å². The molecule has 1 saturated heterocycles. The summed E-state index contributed by atoms with van der Waals surface area (Å²) in [5, 5.41) is 0. The highest BCUT2D eigenvalue weighted by Gasteiger charge is 2.22. The molecule has 0 unspecified atom stereocenters. The number of thioether (sulfide) groups is 1. The second-order valence-electron chi connectivity index (χ2n) is 3.48. The molecule has 0 aromatic heterocycles. The minimum absolute atomic E-state index is 0. The monoisotopic (exact) mass is 238 g/mol. The normalized spacial score (nSPS) is 20.7. The summed E-state index contributed by atoms with van der Waals surface area (Å²) in [4.78, 5) is 13.4. The Morgan fingerprint density at radius 1 is 1.64 bits per heavy atom. The van der Waals surface area contributed by atoms with Crippen LogP contribution in [0.1, 0.15) is 19.3 Å². The van der Waals surface area contributed by atoms with Crippen LogP contribution in [0.2, 0.25) is 0 Å². The standard InChI is InChI=1S/C9H18N2OS.ClH/c1-13-6-2-3-9(12)11-5-4-8(10)7-11;/h8H,2-7,10H2,1H3;1H/t8-;/m1./s1. The molecule has 84 valence electrons. The largest absolute Gasteiger partial charge is 0.341 e. The maximum atomic E-state index is 11.5. The molecule has 1 fully saturated rings. The quantitative estimate of drug-likeness (QED) is 0.747. The van der Waals surface area contributed by atoms with Gasteiger partial charge in [-0.1, -0.05) is 0 Å². The topological polar surface area (TPSA) is 46.3 Å². The fraction of sp³-hybridized carbons (Fsp3) is 0.889. The van der Waals surface area contributed by atoms with Crippen LogP contribution in [0.25, 0.3) is 0 Å². The number of hydrogen-bond donors (Lipinski definition) is 1. The molecular formula is C9H19ClN2OS. The minimum atomic E-state index is 0. The van der Waals surface area contributed by atoms with Crippen LogP contribution >= 0.6 is 24.2 Å². The molecular weight excluding hydrogens is 220 g/mol. The Kier molecular flexibility index (Phi) is 7.41. The van der Waals surface area contributed by atoms with Gasteiger partial charge < -0.3 is 10.6 Å². The number of amides is 1. The zero-order valence-electron chi connectivity index (χ0n) is 8.57. The van der Waals surface area contributed by atoms with Gasteiger partial charge in [-0.2, -0.15) is 11.8 Å². The Morgan fingerprint density at radius 2 is 2.36 bits per heavy atom. The molecule has 0 radical (unpaired) electrons. The number of halogens is 1. The Morgan fingerprint density at radius 3 is 2.86 bits per heavy atom. The summed E-state index contributed by atoms with van der Waals surface area (Å²) in [6, 6.07) is 0.213. The van der Waals surface area contributed by atoms with E-state index in [4.69, 9.17) is 5.73 Å². The van der Waals surface area contributed by atoms with Gasteiger partial charge in [-0.05, 0) is 24.9 Å². The summed E-state index contributed by atoms with van der Waals surface area (Å²) in [7, 11) is 0. The Bertz CT molecular complexity index is 180. The lowest BCUT2D eigenvalue weighted by atomic mass is 10.3. The van der Waals surface area contributed by atoms with Crippen LogP contribution in [0.3, 0.4) is 0 Å². The van der Waals surface area contributed by atoms with Crippen LogP contribution in [0.4, 0.5) is 0 Å². The lowest BCUT2D eigenvalue weighted by Gasteiger charge is -2.15. The first-order chi connectivity index (χ1) is 6.24. The molecule has 0 spiro atoms. The van der Waals surface area contributed by atoms with Crippen LogP contribution < -0.4 is 5.73 Å². The number of nitrogens with two attached hydrogens (primary N) is 1. The predicted octanol–water partition coefficient (Wildman–Crippen LogP) is 1.11. The molecule has 1 atom stereocenters. The highest BCUT2D eigenvalue weighted by Crippen LogP contribution is 2.10. The van der Waals surface area contributed by atoms with E-state index in [-0.39, 0.29) is 24.4 Å². The molecule has 1 heterocycles. The SMILES string of the molecule is CSCCCC(=O)N1CC[C@@H](N)C1.Cl. The molecule has 0 bridgehead atoms. The van der Waals surface area contributed by atoms with Crippen molar-refractivity contribution in [1.29, 1.82) is 0 Å². The van der Waals surface area contributed by atoms with Gasteiger partial charge in [0.1, 0.15) is 0 Å². The third-order valence-electron chi connectivity index (χ3n) is 2.32. The number of carbonyl (C=O) groups is 1. The number of nitrogens with zero attached hydrogens (tertiary/aromatic N) is 1. The highest BCUT2D eigenvalue weighted by atomic mass is 35.5. The average molecular weight is 239 g/mol. The highest BCUT2D eigenvalue weighted by molar-refractivity contribution is 7.98. The van der Waals surface area contributed by atoms with E-state index in [0.717, 1.165) is 31.7 Å². The van der Waals surface area contributed by atoms with E-state index in [1.165, 1.54) is 0 Å². The number of hydrogen-bond acceptors (Lipinski definition) is 3. The summed E-state index contributed by atoms with van der Waals surface area (Å²) < 4.78 is 0. The first-order valence-electron chi connectivity index (χ1n) is 4.76. The smallest absolute Gasteiger partial charge is 0.222 e. The molecule has 0 aromatic carbocycles. The molecule has 0 aromatic rings. The minimum Gasteiger partial charge on any atom is -0.341 e. The van der Waals surface area contributed by atoms with Gasteiger partial charge in [0.2, 0.25) is 5.91 Å². The van der Waals surface area contributed by atoms with E-state index in [0.29, 0.717) is 6.42 Å². The maximum absolute atomic E-state index is 11.5. The van der Waals surface area contributed by atoms with E-state index < -0.39 is 0 Å². The zero-order chi connectivity index (χ0) is 9.68. The predicted molar refractivity (Wildman–Crippen MR) is 64.0 cm³/mol. The van der Waals surface area contributed by atoms with Gasteiger partial charge in [0.05, 0.1) is 0 Å². The van der Waals surface area contributed by atoms with Crippen LogP contribution in [0, 0.1) is 0 Å². The second-order valence-corrected chi connectivity index (χ2v) is 4.47. The van der Waals surface area contributed by atoms with E-state index >= 15 is 0 Å². The van der Waals surface area contributed by atoms with Crippen molar-refractivity contribution in [3.63, 3.8) is 0 Å². The second kappa shape index (κ2) is 7.37. The zero-order valence-corrected chi connectivity index (χ0v) is 10.2. The van der Waals surface area contributed by atoms with Crippen molar-refractivity contribution in [3.8, 4) is 0 Å². The third-order valence-corrected chi connectivity index (χ3v) is 3.01. The number of carbonyl (C=O) groups excluding carboxylic acids is 1. The molecule has 0 aliphatic carbocycles. The summed E-state index contributed by atoms with van der Waals surface area (Å²) in [5.41, 5.74) is 5.72. The summed E-state index contributed by atoms with van der Waals surface area (Å²) in [5.74, 6) is 1.35. The molecule has 1 rings (SSSR count). The van der Waals surface area contributed by atoms with Crippen molar-refractivity contribution < 1.29 is 4.79 Å². The van der Waals surface area contributed by atoms with Crippen LogP contribution in [0.5, 0.6) is 0 Å².